The second-order valence-electron chi connectivity index (χ2n) is 4.79. The van der Waals surface area contributed by atoms with E-state index in [0.717, 1.165) is 13.1 Å². The van der Waals surface area contributed by atoms with Crippen LogP contribution < -0.4 is 5.32 Å². The van der Waals surface area contributed by atoms with Crippen LogP contribution in [0.25, 0.3) is 10.4 Å². The molecule has 0 saturated carbocycles. The van der Waals surface area contributed by atoms with E-state index in [0.29, 0.717) is 6.04 Å². The van der Waals surface area contributed by atoms with E-state index in [1.807, 2.05) is 34.5 Å². The SMILES string of the molecule is CC(Cn1cccn1)NCc1cc(-c2cccs2)cs1. The zero-order chi connectivity index (χ0) is 13.8. The van der Waals surface area contributed by atoms with E-state index in [1.54, 1.807) is 11.3 Å². The highest BCUT2D eigenvalue weighted by atomic mass is 32.1. The lowest BCUT2D eigenvalue weighted by Crippen LogP contribution is -2.29. The smallest absolute Gasteiger partial charge is 0.0560 e. The van der Waals surface area contributed by atoms with Crippen molar-refractivity contribution >= 4 is 22.7 Å². The van der Waals surface area contributed by atoms with Crippen molar-refractivity contribution in [1.82, 2.24) is 15.1 Å². The van der Waals surface area contributed by atoms with Crippen LogP contribution in [0.3, 0.4) is 0 Å². The molecule has 3 heterocycles. The lowest BCUT2D eigenvalue weighted by Gasteiger charge is -2.12. The predicted octanol–water partition coefficient (Wildman–Crippen LogP) is 3.85. The third kappa shape index (κ3) is 3.36. The quantitative estimate of drug-likeness (QED) is 0.749. The van der Waals surface area contributed by atoms with Crippen molar-refractivity contribution in [3.8, 4) is 10.4 Å². The minimum absolute atomic E-state index is 0.405. The molecule has 3 rings (SSSR count). The molecule has 0 aliphatic heterocycles. The van der Waals surface area contributed by atoms with E-state index >= 15 is 0 Å². The molecule has 3 nitrogen and oxygen atoms in total. The maximum atomic E-state index is 4.23. The number of thiophene rings is 2. The highest BCUT2D eigenvalue weighted by molar-refractivity contribution is 7.14. The van der Waals surface area contributed by atoms with Crippen molar-refractivity contribution in [3.63, 3.8) is 0 Å². The molecular weight excluding hydrogens is 286 g/mol. The molecule has 0 aliphatic carbocycles. The highest BCUT2D eigenvalue weighted by Crippen LogP contribution is 2.29. The van der Waals surface area contributed by atoms with Crippen LogP contribution in [0.1, 0.15) is 11.8 Å². The van der Waals surface area contributed by atoms with Gasteiger partial charge in [0.15, 0.2) is 0 Å². The molecule has 0 bridgehead atoms. The first-order valence-corrected chi connectivity index (χ1v) is 8.39. The number of aromatic nitrogens is 2. The summed E-state index contributed by atoms with van der Waals surface area (Å²) in [5, 5.41) is 12.1. The molecule has 0 aromatic carbocycles. The zero-order valence-electron chi connectivity index (χ0n) is 11.3. The van der Waals surface area contributed by atoms with Gasteiger partial charge in [0.25, 0.3) is 0 Å². The van der Waals surface area contributed by atoms with Crippen LogP contribution in [0.4, 0.5) is 0 Å². The maximum absolute atomic E-state index is 4.23. The Morgan fingerprint density at radius 1 is 1.35 bits per heavy atom. The zero-order valence-corrected chi connectivity index (χ0v) is 13.0. The first-order valence-electron chi connectivity index (χ1n) is 6.63. The molecule has 0 saturated heterocycles. The van der Waals surface area contributed by atoms with Crippen LogP contribution in [0.2, 0.25) is 0 Å². The van der Waals surface area contributed by atoms with E-state index in [-0.39, 0.29) is 0 Å². The van der Waals surface area contributed by atoms with E-state index in [4.69, 9.17) is 0 Å². The van der Waals surface area contributed by atoms with Gasteiger partial charge >= 0.3 is 0 Å². The summed E-state index contributed by atoms with van der Waals surface area (Å²) < 4.78 is 1.96. The number of hydrogen-bond acceptors (Lipinski definition) is 4. The van der Waals surface area contributed by atoms with Crippen LogP contribution in [-0.4, -0.2) is 15.8 Å². The minimum Gasteiger partial charge on any atom is -0.308 e. The first kappa shape index (κ1) is 13.5. The molecule has 0 spiro atoms. The highest BCUT2D eigenvalue weighted by Gasteiger charge is 2.06. The average Bonchev–Trinajstić information content (AvgIpc) is 3.18. The van der Waals surface area contributed by atoms with E-state index in [9.17, 15) is 0 Å². The Hall–Kier alpha value is -1.43. The van der Waals surface area contributed by atoms with Crippen molar-refractivity contribution < 1.29 is 0 Å². The first-order chi connectivity index (χ1) is 9.81. The van der Waals surface area contributed by atoms with E-state index in [2.05, 4.69) is 46.3 Å². The second kappa shape index (κ2) is 6.35. The fourth-order valence-electron chi connectivity index (χ4n) is 2.07. The van der Waals surface area contributed by atoms with Gasteiger partial charge in [0, 0.05) is 40.3 Å². The fraction of sp³-hybridized carbons (Fsp3) is 0.267. The Kier molecular flexibility index (Phi) is 4.30. The van der Waals surface area contributed by atoms with Crippen molar-refractivity contribution in [1.29, 1.82) is 0 Å². The molecule has 5 heteroatoms. The van der Waals surface area contributed by atoms with Gasteiger partial charge in [-0.2, -0.15) is 5.10 Å². The Morgan fingerprint density at radius 2 is 2.30 bits per heavy atom. The van der Waals surface area contributed by atoms with Gasteiger partial charge in [0.2, 0.25) is 0 Å². The monoisotopic (exact) mass is 303 g/mol. The topological polar surface area (TPSA) is 29.9 Å². The van der Waals surface area contributed by atoms with Crippen LogP contribution in [0.5, 0.6) is 0 Å². The summed E-state index contributed by atoms with van der Waals surface area (Å²) in [6.07, 6.45) is 3.82. The summed E-state index contributed by atoms with van der Waals surface area (Å²) in [5.74, 6) is 0. The average molecular weight is 303 g/mol. The van der Waals surface area contributed by atoms with Gasteiger partial charge in [-0.1, -0.05) is 6.07 Å². The van der Waals surface area contributed by atoms with Crippen LogP contribution in [0, 0.1) is 0 Å². The third-order valence-corrected chi connectivity index (χ3v) is 4.96. The van der Waals surface area contributed by atoms with Gasteiger partial charge in [0.05, 0.1) is 6.54 Å². The Morgan fingerprint density at radius 3 is 3.05 bits per heavy atom. The predicted molar refractivity (Wildman–Crippen MR) is 86.2 cm³/mol. The summed E-state index contributed by atoms with van der Waals surface area (Å²) in [7, 11) is 0. The molecule has 104 valence electrons. The molecule has 1 unspecified atom stereocenters. The minimum atomic E-state index is 0.405. The van der Waals surface area contributed by atoms with Gasteiger partial charge in [-0.05, 0) is 35.9 Å². The Balaban J connectivity index is 1.53. The normalized spacial score (nSPS) is 12.7. The van der Waals surface area contributed by atoms with E-state index < -0.39 is 0 Å². The van der Waals surface area contributed by atoms with Gasteiger partial charge in [0.1, 0.15) is 0 Å². The van der Waals surface area contributed by atoms with E-state index in [1.165, 1.54) is 15.3 Å². The van der Waals surface area contributed by atoms with Gasteiger partial charge in [-0.25, -0.2) is 0 Å². The molecule has 0 amide bonds. The third-order valence-electron chi connectivity index (χ3n) is 3.10. The standard InChI is InChI=1S/C15H17N3S2/c1-12(10-18-6-3-5-17-18)16-9-14-8-13(11-20-14)15-4-2-7-19-15/h2-8,11-12,16H,9-10H2,1H3. The molecule has 0 aliphatic rings. The van der Waals surface area contributed by atoms with Gasteiger partial charge in [-0.3, -0.25) is 4.68 Å². The van der Waals surface area contributed by atoms with Gasteiger partial charge in [-0.15, -0.1) is 22.7 Å². The summed E-state index contributed by atoms with van der Waals surface area (Å²) in [6, 6.07) is 8.91. The van der Waals surface area contributed by atoms with Crippen molar-refractivity contribution in [2.75, 3.05) is 0 Å². The molecule has 0 radical (unpaired) electrons. The number of nitrogens with one attached hydrogen (secondary N) is 1. The fourth-order valence-corrected chi connectivity index (χ4v) is 3.70. The van der Waals surface area contributed by atoms with Crippen molar-refractivity contribution in [2.45, 2.75) is 26.1 Å². The Labute approximate surface area is 126 Å². The molecule has 20 heavy (non-hydrogen) atoms. The molecular formula is C15H17N3S2. The maximum Gasteiger partial charge on any atom is 0.0560 e. The molecule has 3 aromatic rings. The van der Waals surface area contributed by atoms with Crippen LogP contribution in [0.15, 0.2) is 47.4 Å². The van der Waals surface area contributed by atoms with Gasteiger partial charge < -0.3 is 5.32 Å². The number of rotatable bonds is 6. The molecule has 1 N–H and O–H groups in total. The van der Waals surface area contributed by atoms with Crippen LogP contribution >= 0.6 is 22.7 Å². The largest absolute Gasteiger partial charge is 0.308 e. The lowest BCUT2D eigenvalue weighted by atomic mass is 10.2. The number of hydrogen-bond donors (Lipinski definition) is 1. The Bertz CT molecular complexity index is 626. The molecule has 0 fully saturated rings. The number of nitrogens with zero attached hydrogens (tertiary/aromatic N) is 2. The van der Waals surface area contributed by atoms with Crippen LogP contribution in [-0.2, 0) is 13.1 Å². The summed E-state index contributed by atoms with van der Waals surface area (Å²) in [5.41, 5.74) is 1.33. The van der Waals surface area contributed by atoms with Crippen molar-refractivity contribution in [3.05, 3.63) is 52.3 Å². The molecule has 3 aromatic heterocycles. The second-order valence-corrected chi connectivity index (χ2v) is 6.73. The summed E-state index contributed by atoms with van der Waals surface area (Å²) in [6.45, 7) is 4.00. The molecule has 1 atom stereocenters. The summed E-state index contributed by atoms with van der Waals surface area (Å²) in [4.78, 5) is 2.72. The summed E-state index contributed by atoms with van der Waals surface area (Å²) >= 11 is 3.61. The lowest BCUT2D eigenvalue weighted by molar-refractivity contribution is 0.452. The van der Waals surface area contributed by atoms with Crippen molar-refractivity contribution in [2.24, 2.45) is 0 Å².